The Morgan fingerprint density at radius 1 is 1.38 bits per heavy atom. The molecule has 0 aliphatic rings. The lowest BCUT2D eigenvalue weighted by Crippen LogP contribution is -1.81. The van der Waals surface area contributed by atoms with Crippen molar-refractivity contribution >= 4 is 6.08 Å². The van der Waals surface area contributed by atoms with Crippen LogP contribution in [0.4, 0.5) is 0 Å². The van der Waals surface area contributed by atoms with Crippen LogP contribution in [0, 0.1) is 0 Å². The molecule has 1 rings (SSSR count). The summed E-state index contributed by atoms with van der Waals surface area (Å²) in [6.45, 7) is 3.35. The number of rotatable bonds is 3. The molecule has 0 bridgehead atoms. The van der Waals surface area contributed by atoms with E-state index in [1.807, 2.05) is 24.3 Å². The van der Waals surface area contributed by atoms with Crippen LogP contribution in [-0.4, -0.2) is 12.2 Å². The fraction of sp³-hybridized carbons (Fsp3) is 0.0909. The van der Waals surface area contributed by atoms with Gasteiger partial charge in [0.2, 0.25) is 0 Å². The van der Waals surface area contributed by atoms with Gasteiger partial charge >= 0.3 is 0 Å². The minimum atomic E-state index is 0.0517. The van der Waals surface area contributed by atoms with Gasteiger partial charge in [0.15, 0.2) is 0 Å². The van der Waals surface area contributed by atoms with Crippen LogP contribution >= 0.6 is 0 Å². The summed E-state index contributed by atoms with van der Waals surface area (Å²) >= 11 is 0. The summed E-state index contributed by atoms with van der Waals surface area (Å²) in [7, 11) is 1.63. The molecular formula is C11H12O2. The third kappa shape index (κ3) is 3.03. The molecule has 0 saturated carbocycles. The predicted molar refractivity (Wildman–Crippen MR) is 53.8 cm³/mol. The molecule has 2 heteroatoms. The fourth-order valence-corrected chi connectivity index (χ4v) is 0.907. The van der Waals surface area contributed by atoms with Crippen LogP contribution in [0.2, 0.25) is 0 Å². The molecule has 0 amide bonds. The highest BCUT2D eigenvalue weighted by atomic mass is 16.5. The van der Waals surface area contributed by atoms with Crippen LogP contribution in [0.3, 0.4) is 0 Å². The average molecular weight is 176 g/mol. The molecule has 0 fully saturated rings. The summed E-state index contributed by atoms with van der Waals surface area (Å²) in [5.74, 6) is 0.871. The van der Waals surface area contributed by atoms with Gasteiger partial charge in [0.25, 0.3) is 0 Å². The summed E-state index contributed by atoms with van der Waals surface area (Å²) in [4.78, 5) is 0. The van der Waals surface area contributed by atoms with Gasteiger partial charge in [-0.3, -0.25) is 0 Å². The third-order valence-electron chi connectivity index (χ3n) is 1.58. The normalized spacial score (nSPS) is 10.2. The van der Waals surface area contributed by atoms with Crippen LogP contribution in [0.25, 0.3) is 6.08 Å². The Morgan fingerprint density at radius 2 is 2.00 bits per heavy atom. The Morgan fingerprint density at radius 3 is 2.46 bits per heavy atom. The van der Waals surface area contributed by atoms with E-state index in [2.05, 4.69) is 6.58 Å². The number of allylic oxidation sites excluding steroid dienone is 1. The second-order valence-corrected chi connectivity index (χ2v) is 2.60. The number of benzene rings is 1. The summed E-state index contributed by atoms with van der Waals surface area (Å²) in [5.41, 5.74) is 0.996. The van der Waals surface area contributed by atoms with Crippen LogP contribution in [-0.2, 0) is 0 Å². The lowest BCUT2D eigenvalue weighted by Gasteiger charge is -1.98. The van der Waals surface area contributed by atoms with Gasteiger partial charge in [-0.05, 0) is 23.8 Å². The largest absolute Gasteiger partial charge is 0.509 e. The van der Waals surface area contributed by atoms with E-state index in [9.17, 15) is 0 Å². The Bertz CT molecular complexity index is 309. The zero-order valence-electron chi connectivity index (χ0n) is 7.53. The van der Waals surface area contributed by atoms with Crippen molar-refractivity contribution in [2.24, 2.45) is 0 Å². The number of ether oxygens (including phenoxy) is 1. The lowest BCUT2D eigenvalue weighted by molar-refractivity contribution is 0.415. The van der Waals surface area contributed by atoms with E-state index >= 15 is 0 Å². The number of aliphatic hydroxyl groups excluding tert-OH is 1. The molecule has 2 nitrogen and oxygen atoms in total. The first-order valence-corrected chi connectivity index (χ1v) is 3.92. The smallest absolute Gasteiger partial charge is 0.118 e. The van der Waals surface area contributed by atoms with Crippen molar-refractivity contribution in [3.63, 3.8) is 0 Å². The monoisotopic (exact) mass is 176 g/mol. The second kappa shape index (κ2) is 4.36. The highest BCUT2D eigenvalue weighted by Crippen LogP contribution is 2.12. The summed E-state index contributed by atoms with van der Waals surface area (Å²) < 4.78 is 5.00. The standard InChI is InChI=1S/C11H12O2/c1-9(12)3-4-10-5-7-11(13-2)8-6-10/h3-8,12H,1H2,2H3/b4-3+. The van der Waals surface area contributed by atoms with E-state index < -0.39 is 0 Å². The highest BCUT2D eigenvalue weighted by molar-refractivity contribution is 5.52. The van der Waals surface area contributed by atoms with Crippen LogP contribution in [0.1, 0.15) is 5.56 Å². The van der Waals surface area contributed by atoms with E-state index in [1.165, 1.54) is 0 Å². The SMILES string of the molecule is C=C(O)/C=C/c1ccc(OC)cc1. The molecule has 1 N–H and O–H groups in total. The van der Waals surface area contributed by atoms with Gasteiger partial charge in [-0.2, -0.15) is 0 Å². The minimum absolute atomic E-state index is 0.0517. The molecule has 0 aliphatic heterocycles. The van der Waals surface area contributed by atoms with E-state index in [1.54, 1.807) is 19.3 Å². The van der Waals surface area contributed by atoms with Gasteiger partial charge in [0.1, 0.15) is 11.5 Å². The first kappa shape index (κ1) is 9.39. The fourth-order valence-electron chi connectivity index (χ4n) is 0.907. The number of aliphatic hydroxyl groups is 1. The van der Waals surface area contributed by atoms with Crippen LogP contribution in [0.5, 0.6) is 5.75 Å². The van der Waals surface area contributed by atoms with Crippen molar-refractivity contribution < 1.29 is 9.84 Å². The van der Waals surface area contributed by atoms with Gasteiger partial charge in [0.05, 0.1) is 7.11 Å². The minimum Gasteiger partial charge on any atom is -0.509 e. The van der Waals surface area contributed by atoms with Crippen molar-refractivity contribution in [2.45, 2.75) is 0 Å². The van der Waals surface area contributed by atoms with Crippen molar-refractivity contribution in [1.82, 2.24) is 0 Å². The third-order valence-corrected chi connectivity index (χ3v) is 1.58. The molecule has 0 heterocycles. The molecule has 0 spiro atoms. The molecule has 1 aromatic carbocycles. The molecule has 13 heavy (non-hydrogen) atoms. The zero-order valence-corrected chi connectivity index (χ0v) is 7.53. The number of hydrogen-bond acceptors (Lipinski definition) is 2. The molecule has 0 atom stereocenters. The van der Waals surface area contributed by atoms with Gasteiger partial charge in [-0.25, -0.2) is 0 Å². The quantitative estimate of drug-likeness (QED) is 0.566. The summed E-state index contributed by atoms with van der Waals surface area (Å²) in [5, 5.41) is 8.81. The van der Waals surface area contributed by atoms with Gasteiger partial charge in [0, 0.05) is 0 Å². The molecule has 0 unspecified atom stereocenters. The Kier molecular flexibility index (Phi) is 3.15. The second-order valence-electron chi connectivity index (χ2n) is 2.60. The van der Waals surface area contributed by atoms with E-state index in [4.69, 9.17) is 9.84 Å². The Balaban J connectivity index is 2.75. The number of hydrogen-bond donors (Lipinski definition) is 1. The first-order valence-electron chi connectivity index (χ1n) is 3.92. The van der Waals surface area contributed by atoms with Crippen LogP contribution in [0.15, 0.2) is 42.7 Å². The maximum Gasteiger partial charge on any atom is 0.118 e. The van der Waals surface area contributed by atoms with Crippen molar-refractivity contribution in [3.05, 3.63) is 48.2 Å². The van der Waals surface area contributed by atoms with Gasteiger partial charge < -0.3 is 9.84 Å². The first-order chi connectivity index (χ1) is 6.22. The highest BCUT2D eigenvalue weighted by Gasteiger charge is 1.89. The lowest BCUT2D eigenvalue weighted by atomic mass is 10.2. The number of methoxy groups -OCH3 is 1. The molecule has 0 aromatic heterocycles. The van der Waals surface area contributed by atoms with E-state index in [-0.39, 0.29) is 5.76 Å². The van der Waals surface area contributed by atoms with Crippen LogP contribution < -0.4 is 4.74 Å². The van der Waals surface area contributed by atoms with Crippen molar-refractivity contribution in [2.75, 3.05) is 7.11 Å². The molecular weight excluding hydrogens is 164 g/mol. The molecule has 0 radical (unpaired) electrons. The van der Waals surface area contributed by atoms with E-state index in [0.29, 0.717) is 0 Å². The molecule has 1 aromatic rings. The summed E-state index contributed by atoms with van der Waals surface area (Å²) in [6, 6.07) is 7.52. The maximum absolute atomic E-state index is 8.81. The van der Waals surface area contributed by atoms with E-state index in [0.717, 1.165) is 11.3 Å². The topological polar surface area (TPSA) is 29.5 Å². The van der Waals surface area contributed by atoms with Crippen molar-refractivity contribution in [3.8, 4) is 5.75 Å². The van der Waals surface area contributed by atoms with Crippen molar-refractivity contribution in [1.29, 1.82) is 0 Å². The average Bonchev–Trinajstić information content (AvgIpc) is 2.15. The summed E-state index contributed by atoms with van der Waals surface area (Å²) in [6.07, 6.45) is 3.32. The maximum atomic E-state index is 8.81. The Hall–Kier alpha value is -1.70. The molecule has 68 valence electrons. The zero-order chi connectivity index (χ0) is 9.68. The predicted octanol–water partition coefficient (Wildman–Crippen LogP) is 2.78. The van der Waals surface area contributed by atoms with Gasteiger partial charge in [-0.1, -0.05) is 24.8 Å². The molecule has 0 saturated heterocycles. The van der Waals surface area contributed by atoms with Gasteiger partial charge in [-0.15, -0.1) is 0 Å². The Labute approximate surface area is 77.8 Å². The molecule has 0 aliphatic carbocycles.